The van der Waals surface area contributed by atoms with E-state index in [9.17, 15) is 0 Å². The Bertz CT molecular complexity index is 769. The molecule has 0 saturated carbocycles. The van der Waals surface area contributed by atoms with Crippen LogP contribution in [0.15, 0.2) is 46.9 Å². The normalized spacial score (nSPS) is 10.6. The summed E-state index contributed by atoms with van der Waals surface area (Å²) in [6, 6.07) is 13.3. The van der Waals surface area contributed by atoms with E-state index in [0.717, 1.165) is 5.69 Å². The van der Waals surface area contributed by atoms with Gasteiger partial charge in [-0.3, -0.25) is 0 Å². The third-order valence-electron chi connectivity index (χ3n) is 2.89. The maximum Gasteiger partial charge on any atom is 0.320 e. The second-order valence-corrected chi connectivity index (χ2v) is 5.37. The summed E-state index contributed by atoms with van der Waals surface area (Å²) in [6.07, 6.45) is 0. The molecule has 1 heterocycles. The highest BCUT2D eigenvalue weighted by molar-refractivity contribution is 6.36. The molecule has 0 aliphatic rings. The van der Waals surface area contributed by atoms with Gasteiger partial charge in [0.05, 0.1) is 10.6 Å². The first-order valence-electron chi connectivity index (χ1n) is 6.24. The minimum absolute atomic E-state index is 0.305. The van der Waals surface area contributed by atoms with Crippen molar-refractivity contribution in [2.45, 2.75) is 6.92 Å². The highest BCUT2D eigenvalue weighted by Gasteiger charge is 2.12. The third-order valence-corrected chi connectivity index (χ3v) is 3.44. The Balaban J connectivity index is 1.84. The number of hydrogen-bond acceptors (Lipinski definition) is 4. The monoisotopic (exact) mass is 319 g/mol. The summed E-state index contributed by atoms with van der Waals surface area (Å²) in [4.78, 5) is 0. The number of rotatable bonds is 3. The van der Waals surface area contributed by atoms with Gasteiger partial charge in [0.2, 0.25) is 0 Å². The van der Waals surface area contributed by atoms with Crippen LogP contribution in [0, 0.1) is 6.92 Å². The van der Waals surface area contributed by atoms with Crippen LogP contribution in [0.25, 0.3) is 11.5 Å². The predicted octanol–water partition coefficient (Wildman–Crippen LogP) is 5.10. The molecule has 3 aromatic rings. The Labute approximate surface area is 131 Å². The fourth-order valence-electron chi connectivity index (χ4n) is 1.81. The Morgan fingerprint density at radius 1 is 1.00 bits per heavy atom. The number of nitrogens with one attached hydrogen (secondary N) is 1. The topological polar surface area (TPSA) is 51.0 Å². The van der Waals surface area contributed by atoms with Gasteiger partial charge in [0.25, 0.3) is 5.89 Å². The molecule has 6 heteroatoms. The zero-order valence-electron chi connectivity index (χ0n) is 11.1. The lowest BCUT2D eigenvalue weighted by Gasteiger charge is -2.01. The van der Waals surface area contributed by atoms with Gasteiger partial charge < -0.3 is 9.73 Å². The van der Waals surface area contributed by atoms with E-state index in [4.69, 9.17) is 27.6 Å². The Morgan fingerprint density at radius 2 is 1.76 bits per heavy atom. The largest absolute Gasteiger partial charge is 0.403 e. The Hall–Kier alpha value is -2.04. The van der Waals surface area contributed by atoms with E-state index in [1.807, 2.05) is 31.2 Å². The van der Waals surface area contributed by atoms with Gasteiger partial charge in [-0.25, -0.2) is 0 Å². The summed E-state index contributed by atoms with van der Waals surface area (Å²) in [7, 11) is 0. The van der Waals surface area contributed by atoms with Crippen LogP contribution in [-0.4, -0.2) is 10.2 Å². The van der Waals surface area contributed by atoms with E-state index in [0.29, 0.717) is 27.5 Å². The van der Waals surface area contributed by atoms with Crippen molar-refractivity contribution in [3.8, 4) is 11.5 Å². The van der Waals surface area contributed by atoms with Crippen molar-refractivity contribution in [3.05, 3.63) is 58.1 Å². The average Bonchev–Trinajstić information content (AvgIpc) is 2.90. The van der Waals surface area contributed by atoms with Crippen molar-refractivity contribution in [2.24, 2.45) is 0 Å². The zero-order valence-corrected chi connectivity index (χ0v) is 12.6. The maximum absolute atomic E-state index is 6.12. The Morgan fingerprint density at radius 3 is 2.48 bits per heavy atom. The average molecular weight is 320 g/mol. The molecule has 2 aromatic carbocycles. The van der Waals surface area contributed by atoms with E-state index in [2.05, 4.69) is 15.5 Å². The number of halogens is 2. The molecule has 0 radical (unpaired) electrons. The minimum atomic E-state index is 0.305. The number of aryl methyl sites for hydroxylation is 1. The zero-order chi connectivity index (χ0) is 14.8. The third kappa shape index (κ3) is 3.17. The van der Waals surface area contributed by atoms with Gasteiger partial charge >= 0.3 is 6.01 Å². The first kappa shape index (κ1) is 13.9. The SMILES string of the molecule is Cc1ccc(Nc2nnc(-c3ccc(Cl)cc3Cl)o2)cc1. The molecule has 0 atom stereocenters. The fourth-order valence-corrected chi connectivity index (χ4v) is 2.30. The van der Waals surface area contributed by atoms with Crippen LogP contribution in [0.1, 0.15) is 5.56 Å². The van der Waals surface area contributed by atoms with Gasteiger partial charge in [-0.2, -0.15) is 0 Å². The quantitative estimate of drug-likeness (QED) is 0.730. The van der Waals surface area contributed by atoms with Gasteiger partial charge in [-0.1, -0.05) is 46.0 Å². The molecule has 0 amide bonds. The maximum atomic E-state index is 6.12. The van der Waals surface area contributed by atoms with Crippen LogP contribution in [0.2, 0.25) is 10.0 Å². The standard InChI is InChI=1S/C15H11Cl2N3O/c1-9-2-5-11(6-3-9)18-15-20-19-14(21-15)12-7-4-10(16)8-13(12)17/h2-8H,1H3,(H,18,20). The summed E-state index contributed by atoms with van der Waals surface area (Å²) in [6.45, 7) is 2.02. The highest BCUT2D eigenvalue weighted by Crippen LogP contribution is 2.30. The molecule has 0 unspecified atom stereocenters. The lowest BCUT2D eigenvalue weighted by atomic mass is 10.2. The molecule has 0 saturated heterocycles. The van der Waals surface area contributed by atoms with Crippen LogP contribution < -0.4 is 5.32 Å². The molecule has 0 aliphatic carbocycles. The molecule has 0 fully saturated rings. The van der Waals surface area contributed by atoms with E-state index >= 15 is 0 Å². The lowest BCUT2D eigenvalue weighted by molar-refractivity contribution is 0.587. The minimum Gasteiger partial charge on any atom is -0.403 e. The number of anilines is 2. The number of nitrogens with zero attached hydrogens (tertiary/aromatic N) is 2. The van der Waals surface area contributed by atoms with E-state index in [1.54, 1.807) is 18.2 Å². The van der Waals surface area contributed by atoms with Crippen molar-refractivity contribution >= 4 is 34.9 Å². The summed E-state index contributed by atoms with van der Waals surface area (Å²) < 4.78 is 5.56. The van der Waals surface area contributed by atoms with Gasteiger partial charge in [0, 0.05) is 10.7 Å². The molecule has 1 aromatic heterocycles. The van der Waals surface area contributed by atoms with Crippen LogP contribution in [-0.2, 0) is 0 Å². The molecule has 21 heavy (non-hydrogen) atoms. The number of benzene rings is 2. The van der Waals surface area contributed by atoms with Crippen molar-refractivity contribution in [3.63, 3.8) is 0 Å². The molecule has 4 nitrogen and oxygen atoms in total. The van der Waals surface area contributed by atoms with Crippen LogP contribution in [0.4, 0.5) is 11.7 Å². The van der Waals surface area contributed by atoms with Crippen LogP contribution >= 0.6 is 23.2 Å². The van der Waals surface area contributed by atoms with Crippen LogP contribution in [0.5, 0.6) is 0 Å². The highest BCUT2D eigenvalue weighted by atomic mass is 35.5. The summed E-state index contributed by atoms with van der Waals surface area (Å²) in [5, 5.41) is 12.0. The Kier molecular flexibility index (Phi) is 3.82. The summed E-state index contributed by atoms with van der Waals surface area (Å²) >= 11 is 12.0. The molecule has 1 N–H and O–H groups in total. The second kappa shape index (κ2) is 5.76. The van der Waals surface area contributed by atoms with Crippen molar-refractivity contribution in [1.29, 1.82) is 0 Å². The van der Waals surface area contributed by atoms with Gasteiger partial charge in [0.15, 0.2) is 0 Å². The molecule has 0 bridgehead atoms. The molecular formula is C15H11Cl2N3O. The van der Waals surface area contributed by atoms with Crippen molar-refractivity contribution in [2.75, 3.05) is 5.32 Å². The fraction of sp³-hybridized carbons (Fsp3) is 0.0667. The van der Waals surface area contributed by atoms with Crippen molar-refractivity contribution in [1.82, 2.24) is 10.2 Å². The number of hydrogen-bond donors (Lipinski definition) is 1. The van der Waals surface area contributed by atoms with E-state index in [-0.39, 0.29) is 0 Å². The molecule has 0 spiro atoms. The number of aromatic nitrogens is 2. The second-order valence-electron chi connectivity index (χ2n) is 4.53. The van der Waals surface area contributed by atoms with E-state index in [1.165, 1.54) is 5.56 Å². The van der Waals surface area contributed by atoms with Crippen LogP contribution in [0.3, 0.4) is 0 Å². The first-order valence-corrected chi connectivity index (χ1v) is 7.00. The predicted molar refractivity (Wildman–Crippen MR) is 84.2 cm³/mol. The molecule has 0 aliphatic heterocycles. The van der Waals surface area contributed by atoms with Crippen molar-refractivity contribution < 1.29 is 4.42 Å². The molecular weight excluding hydrogens is 309 g/mol. The first-order chi connectivity index (χ1) is 10.1. The van der Waals surface area contributed by atoms with Gasteiger partial charge in [0.1, 0.15) is 0 Å². The smallest absolute Gasteiger partial charge is 0.320 e. The summed E-state index contributed by atoms with van der Waals surface area (Å²) in [5.41, 5.74) is 2.70. The lowest BCUT2D eigenvalue weighted by Crippen LogP contribution is -1.89. The van der Waals surface area contributed by atoms with E-state index < -0.39 is 0 Å². The molecule has 106 valence electrons. The van der Waals surface area contributed by atoms with Gasteiger partial charge in [-0.15, -0.1) is 5.10 Å². The molecule has 3 rings (SSSR count). The summed E-state index contributed by atoms with van der Waals surface area (Å²) in [5.74, 6) is 0.339. The van der Waals surface area contributed by atoms with Gasteiger partial charge in [-0.05, 0) is 37.3 Å².